The van der Waals surface area contributed by atoms with Crippen molar-refractivity contribution in [2.24, 2.45) is 0 Å². The number of aromatic nitrogens is 3. The second kappa shape index (κ2) is 9.79. The van der Waals surface area contributed by atoms with E-state index in [0.29, 0.717) is 24.5 Å². The Bertz CT molecular complexity index is 1240. The Balaban J connectivity index is 1.63. The molecule has 3 aromatic heterocycles. The second-order valence-electron chi connectivity index (χ2n) is 7.69. The van der Waals surface area contributed by atoms with Gasteiger partial charge in [0, 0.05) is 22.0 Å². The summed E-state index contributed by atoms with van der Waals surface area (Å²) >= 11 is 1.52. The molecule has 4 aromatic rings. The van der Waals surface area contributed by atoms with Crippen LogP contribution in [0, 0.1) is 0 Å². The van der Waals surface area contributed by atoms with Crippen molar-refractivity contribution in [1.29, 1.82) is 0 Å². The third-order valence-corrected chi connectivity index (χ3v) is 6.39. The Morgan fingerprint density at radius 2 is 1.97 bits per heavy atom. The van der Waals surface area contributed by atoms with Crippen LogP contribution in [-0.4, -0.2) is 21.1 Å². The van der Waals surface area contributed by atoms with Gasteiger partial charge in [-0.15, -0.1) is 11.3 Å². The van der Waals surface area contributed by atoms with E-state index in [0.717, 1.165) is 58.0 Å². The fourth-order valence-electron chi connectivity index (χ4n) is 3.55. The molecule has 172 valence electrons. The van der Waals surface area contributed by atoms with Gasteiger partial charge in [0.05, 0.1) is 24.0 Å². The van der Waals surface area contributed by atoms with Crippen LogP contribution in [0.25, 0.3) is 21.6 Å². The Labute approximate surface area is 194 Å². The van der Waals surface area contributed by atoms with Crippen molar-refractivity contribution < 1.29 is 17.9 Å². The molecule has 0 aliphatic rings. The van der Waals surface area contributed by atoms with Crippen molar-refractivity contribution in [3.05, 3.63) is 77.6 Å². The fraction of sp³-hybridized carbons (Fsp3) is 0.280. The highest BCUT2D eigenvalue weighted by molar-refractivity contribution is 7.15. The highest BCUT2D eigenvalue weighted by atomic mass is 32.1. The van der Waals surface area contributed by atoms with E-state index in [1.807, 2.05) is 18.3 Å². The number of halogens is 3. The van der Waals surface area contributed by atoms with E-state index < -0.39 is 11.7 Å². The molecular formula is C25H24F3N3OS. The maximum absolute atomic E-state index is 12.9. The smallest absolute Gasteiger partial charge is 0.416 e. The first-order valence-corrected chi connectivity index (χ1v) is 11.6. The quantitative estimate of drug-likeness (QED) is 0.244. The molecule has 0 saturated heterocycles. The number of thiazole rings is 1. The van der Waals surface area contributed by atoms with Crippen LogP contribution in [0.15, 0.2) is 61.4 Å². The minimum atomic E-state index is -4.35. The number of aryl methyl sites for hydroxylation is 1. The normalized spacial score (nSPS) is 11.8. The second-order valence-corrected chi connectivity index (χ2v) is 8.78. The summed E-state index contributed by atoms with van der Waals surface area (Å²) in [5.41, 5.74) is 1.86. The first-order chi connectivity index (χ1) is 15.9. The Morgan fingerprint density at radius 1 is 1.18 bits per heavy atom. The van der Waals surface area contributed by atoms with Crippen LogP contribution >= 0.6 is 11.3 Å². The molecular weight excluding hydrogens is 447 g/mol. The van der Waals surface area contributed by atoms with Crippen molar-refractivity contribution in [3.8, 4) is 16.3 Å². The number of benzene rings is 1. The predicted octanol–water partition coefficient (Wildman–Crippen LogP) is 7.13. The van der Waals surface area contributed by atoms with Crippen LogP contribution in [-0.2, 0) is 19.1 Å². The van der Waals surface area contributed by atoms with Gasteiger partial charge in [-0.2, -0.15) is 13.2 Å². The van der Waals surface area contributed by atoms with E-state index in [4.69, 9.17) is 9.72 Å². The predicted molar refractivity (Wildman–Crippen MR) is 126 cm³/mol. The summed E-state index contributed by atoms with van der Waals surface area (Å²) in [6.45, 7) is 6.79. The molecule has 0 aliphatic heterocycles. The van der Waals surface area contributed by atoms with E-state index in [-0.39, 0.29) is 0 Å². The van der Waals surface area contributed by atoms with Gasteiger partial charge in [0.25, 0.3) is 0 Å². The monoisotopic (exact) mass is 471 g/mol. The number of rotatable bonds is 9. The van der Waals surface area contributed by atoms with E-state index >= 15 is 0 Å². The minimum Gasteiger partial charge on any atom is -0.488 e. The van der Waals surface area contributed by atoms with Crippen molar-refractivity contribution in [1.82, 2.24) is 14.5 Å². The van der Waals surface area contributed by atoms with E-state index in [1.54, 1.807) is 12.3 Å². The van der Waals surface area contributed by atoms with Crippen LogP contribution in [0.1, 0.15) is 35.9 Å². The van der Waals surface area contributed by atoms with Crippen molar-refractivity contribution >= 4 is 22.4 Å². The van der Waals surface area contributed by atoms with Gasteiger partial charge in [-0.25, -0.2) is 9.97 Å². The summed E-state index contributed by atoms with van der Waals surface area (Å²) in [7, 11) is 0. The first kappa shape index (κ1) is 23.0. The molecule has 8 heteroatoms. The van der Waals surface area contributed by atoms with Crippen LogP contribution in [0.4, 0.5) is 13.2 Å². The molecule has 0 aliphatic carbocycles. The number of hydrogen-bond acceptors (Lipinski definition) is 4. The highest BCUT2D eigenvalue weighted by Gasteiger charge is 2.30. The molecule has 0 fully saturated rings. The summed E-state index contributed by atoms with van der Waals surface area (Å²) in [5, 5.41) is 1.70. The summed E-state index contributed by atoms with van der Waals surface area (Å²) in [6.07, 6.45) is 3.88. The molecule has 33 heavy (non-hydrogen) atoms. The highest BCUT2D eigenvalue weighted by Crippen LogP contribution is 2.34. The zero-order valence-corrected chi connectivity index (χ0v) is 19.0. The van der Waals surface area contributed by atoms with Crippen LogP contribution < -0.4 is 4.74 Å². The topological polar surface area (TPSA) is 39.9 Å². The van der Waals surface area contributed by atoms with Crippen LogP contribution in [0.3, 0.4) is 0 Å². The van der Waals surface area contributed by atoms with Gasteiger partial charge in [-0.3, -0.25) is 0 Å². The summed E-state index contributed by atoms with van der Waals surface area (Å²) in [6, 6.07) is 9.14. The maximum Gasteiger partial charge on any atom is 0.416 e. The largest absolute Gasteiger partial charge is 0.488 e. The third-order valence-electron chi connectivity index (χ3n) is 5.26. The number of hydrogen-bond donors (Lipinski definition) is 0. The molecule has 4 rings (SSSR count). The zero-order chi connectivity index (χ0) is 23.4. The average molecular weight is 472 g/mol. The van der Waals surface area contributed by atoms with Gasteiger partial charge in [0.15, 0.2) is 0 Å². The number of fused-ring (bicyclic) bond motifs is 1. The first-order valence-electron chi connectivity index (χ1n) is 10.7. The molecule has 0 saturated carbocycles. The minimum absolute atomic E-state index is 0.419. The van der Waals surface area contributed by atoms with Gasteiger partial charge < -0.3 is 9.30 Å². The number of unbranched alkanes of at least 4 members (excludes halogenated alkanes) is 1. The molecule has 0 spiro atoms. The zero-order valence-electron chi connectivity index (χ0n) is 18.2. The number of ether oxygens (including phenoxy) is 1. The van der Waals surface area contributed by atoms with Gasteiger partial charge in [0.2, 0.25) is 0 Å². The lowest BCUT2D eigenvalue weighted by atomic mass is 10.1. The summed E-state index contributed by atoms with van der Waals surface area (Å²) in [4.78, 5) is 10.4. The summed E-state index contributed by atoms with van der Waals surface area (Å²) in [5.74, 6) is 0.686. The Morgan fingerprint density at radius 3 is 2.67 bits per heavy atom. The lowest BCUT2D eigenvalue weighted by Gasteiger charge is -2.06. The fourth-order valence-corrected chi connectivity index (χ4v) is 4.66. The van der Waals surface area contributed by atoms with Crippen LogP contribution in [0.2, 0.25) is 0 Å². The Kier molecular flexibility index (Phi) is 6.83. The molecule has 3 heterocycles. The van der Waals surface area contributed by atoms with Crippen molar-refractivity contribution in [2.45, 2.75) is 38.9 Å². The molecule has 4 nitrogen and oxygen atoms in total. The SMILES string of the molecule is C=CCOc1cnc2c(ccn2Cc2sc(-c3ccc(C(F)(F)F)cc3)nc2CCCC)c1. The lowest BCUT2D eigenvalue weighted by Crippen LogP contribution is -2.03. The standard InChI is InChI=1S/C25H24F3N3OS/c1-3-5-6-21-22(33-24(30-21)17-7-9-19(10-8-17)25(26,27)28)16-31-12-11-18-14-20(32-13-4-2)15-29-23(18)31/h4,7-12,14-15H,2-3,5-6,13,16H2,1H3. The third kappa shape index (κ3) is 5.27. The summed E-state index contributed by atoms with van der Waals surface area (Å²) < 4.78 is 46.4. The average Bonchev–Trinajstić information content (AvgIpc) is 3.40. The maximum atomic E-state index is 12.9. The lowest BCUT2D eigenvalue weighted by molar-refractivity contribution is -0.137. The molecule has 1 aromatic carbocycles. The van der Waals surface area contributed by atoms with Crippen molar-refractivity contribution in [2.75, 3.05) is 6.61 Å². The Hall–Kier alpha value is -3.13. The van der Waals surface area contributed by atoms with Crippen LogP contribution in [0.5, 0.6) is 5.75 Å². The molecule has 0 radical (unpaired) electrons. The number of alkyl halides is 3. The molecule has 0 bridgehead atoms. The van der Waals surface area contributed by atoms with Gasteiger partial charge in [-0.1, -0.05) is 38.1 Å². The molecule has 0 N–H and O–H groups in total. The van der Waals surface area contributed by atoms with Gasteiger partial charge in [-0.05, 0) is 37.1 Å². The van der Waals surface area contributed by atoms with E-state index in [1.165, 1.54) is 23.5 Å². The van der Waals surface area contributed by atoms with Gasteiger partial charge in [0.1, 0.15) is 23.0 Å². The molecule has 0 amide bonds. The molecule has 0 atom stereocenters. The van der Waals surface area contributed by atoms with E-state index in [2.05, 4.69) is 23.1 Å². The van der Waals surface area contributed by atoms with Crippen molar-refractivity contribution in [3.63, 3.8) is 0 Å². The van der Waals surface area contributed by atoms with E-state index in [9.17, 15) is 13.2 Å². The van der Waals surface area contributed by atoms with Gasteiger partial charge >= 0.3 is 6.18 Å². The number of pyridine rings is 1. The molecule has 0 unspecified atom stereocenters. The number of nitrogens with zero attached hydrogens (tertiary/aromatic N) is 3.